The predicted octanol–water partition coefficient (Wildman–Crippen LogP) is 3.47. The number of nitrogens with one attached hydrogen (secondary N) is 1. The number of aryl methyl sites for hydroxylation is 1. The maximum absolute atomic E-state index is 13.0. The smallest absolute Gasteiger partial charge is 0.407 e. The van der Waals surface area contributed by atoms with Crippen molar-refractivity contribution in [3.05, 3.63) is 59.4 Å². The monoisotopic (exact) mass is 475 g/mol. The number of alkyl carbamates (subject to hydrolysis) is 1. The van der Waals surface area contributed by atoms with Gasteiger partial charge < -0.3 is 19.5 Å². The van der Waals surface area contributed by atoms with Crippen molar-refractivity contribution in [3.8, 4) is 0 Å². The summed E-state index contributed by atoms with van der Waals surface area (Å²) in [5.41, 5.74) is 3.69. The van der Waals surface area contributed by atoms with E-state index in [2.05, 4.69) is 16.3 Å². The van der Waals surface area contributed by atoms with Gasteiger partial charge in [-0.25, -0.2) is 9.78 Å². The molecule has 1 fully saturated rings. The van der Waals surface area contributed by atoms with Crippen LogP contribution in [0.2, 0.25) is 0 Å². The third-order valence-corrected chi connectivity index (χ3v) is 6.42. The maximum Gasteiger partial charge on any atom is 0.407 e. The molecule has 4 heterocycles. The molecule has 3 aromatic rings. The summed E-state index contributed by atoms with van der Waals surface area (Å²) < 4.78 is 7.37. The zero-order valence-corrected chi connectivity index (χ0v) is 20.4. The van der Waals surface area contributed by atoms with Crippen LogP contribution < -0.4 is 10.2 Å². The highest BCUT2D eigenvalue weighted by molar-refractivity contribution is 6.21. The molecule has 2 aliphatic heterocycles. The Morgan fingerprint density at radius 1 is 1.14 bits per heavy atom. The number of fused-ring (bicyclic) bond motifs is 2. The van der Waals surface area contributed by atoms with Gasteiger partial charge in [-0.2, -0.15) is 0 Å². The molecule has 0 bridgehead atoms. The maximum atomic E-state index is 13.0. The van der Waals surface area contributed by atoms with Gasteiger partial charge in [-0.1, -0.05) is 12.1 Å². The fourth-order valence-corrected chi connectivity index (χ4v) is 4.80. The minimum Gasteiger partial charge on any atom is -0.444 e. The molecule has 0 radical (unpaired) electrons. The number of imide groups is 1. The van der Waals surface area contributed by atoms with Gasteiger partial charge in [0, 0.05) is 26.3 Å². The average Bonchev–Trinajstić information content (AvgIpc) is 3.48. The van der Waals surface area contributed by atoms with Crippen molar-refractivity contribution in [1.29, 1.82) is 0 Å². The van der Waals surface area contributed by atoms with E-state index in [9.17, 15) is 14.4 Å². The molecule has 2 aromatic heterocycles. The van der Waals surface area contributed by atoms with Crippen LogP contribution in [0.15, 0.2) is 42.6 Å². The zero-order chi connectivity index (χ0) is 24.9. The SMILES string of the molecule is Cn1ccc2nc(CNC(=O)OC(C)(C)C)c(N3CCC(N4C(=O)c5ccccc5C4=O)C3)cc21. The number of benzene rings is 1. The van der Waals surface area contributed by atoms with E-state index in [1.807, 2.05) is 44.6 Å². The molecule has 1 saturated heterocycles. The molecular formula is C26H29N5O4. The van der Waals surface area contributed by atoms with Crippen molar-refractivity contribution in [2.75, 3.05) is 18.0 Å². The Bertz CT molecular complexity index is 1300. The number of carbonyl (C=O) groups is 3. The molecule has 1 N–H and O–H groups in total. The minimum absolute atomic E-state index is 0.198. The number of pyridine rings is 1. The van der Waals surface area contributed by atoms with E-state index >= 15 is 0 Å². The van der Waals surface area contributed by atoms with Crippen LogP contribution in [0.3, 0.4) is 0 Å². The molecular weight excluding hydrogens is 446 g/mol. The van der Waals surface area contributed by atoms with Crippen LogP contribution >= 0.6 is 0 Å². The normalized spacial score (nSPS) is 17.9. The predicted molar refractivity (Wildman–Crippen MR) is 131 cm³/mol. The molecule has 9 nitrogen and oxygen atoms in total. The van der Waals surface area contributed by atoms with Gasteiger partial charge in [-0.15, -0.1) is 0 Å². The van der Waals surface area contributed by atoms with Gasteiger partial charge in [-0.3, -0.25) is 14.5 Å². The summed E-state index contributed by atoms with van der Waals surface area (Å²) in [5, 5.41) is 2.81. The van der Waals surface area contributed by atoms with Crippen LogP contribution in [0.1, 0.15) is 53.6 Å². The lowest BCUT2D eigenvalue weighted by Crippen LogP contribution is -2.41. The quantitative estimate of drug-likeness (QED) is 0.581. The Hall–Kier alpha value is -3.88. The highest BCUT2D eigenvalue weighted by atomic mass is 16.6. The molecule has 1 aromatic carbocycles. The van der Waals surface area contributed by atoms with Crippen LogP contribution in [-0.4, -0.2) is 57.1 Å². The highest BCUT2D eigenvalue weighted by Crippen LogP contribution is 2.32. The van der Waals surface area contributed by atoms with Crippen molar-refractivity contribution in [2.24, 2.45) is 7.05 Å². The lowest BCUT2D eigenvalue weighted by molar-refractivity contribution is 0.0520. The second-order valence-electron chi connectivity index (χ2n) is 10.1. The van der Waals surface area contributed by atoms with Crippen LogP contribution in [-0.2, 0) is 18.3 Å². The van der Waals surface area contributed by atoms with Crippen molar-refractivity contribution < 1.29 is 19.1 Å². The van der Waals surface area contributed by atoms with E-state index in [0.717, 1.165) is 16.7 Å². The fourth-order valence-electron chi connectivity index (χ4n) is 4.80. The van der Waals surface area contributed by atoms with Gasteiger partial charge in [0.2, 0.25) is 0 Å². The summed E-state index contributed by atoms with van der Waals surface area (Å²) in [6, 6.07) is 10.7. The summed E-state index contributed by atoms with van der Waals surface area (Å²) in [7, 11) is 1.96. The standard InChI is InChI=1S/C26H29N5O4/c1-26(2,3)35-25(34)27-14-20-22(13-21-19(28-20)10-11-29(21)4)30-12-9-16(15-30)31-23(32)17-7-5-6-8-18(17)24(31)33/h5-8,10-11,13,16H,9,12,14-15H2,1-4H3,(H,27,34). The Labute approximate surface area is 203 Å². The van der Waals surface area contributed by atoms with E-state index in [-0.39, 0.29) is 24.4 Å². The summed E-state index contributed by atoms with van der Waals surface area (Å²) >= 11 is 0. The molecule has 9 heteroatoms. The van der Waals surface area contributed by atoms with Crippen LogP contribution in [0.25, 0.3) is 11.0 Å². The first kappa shape index (κ1) is 22.9. The first-order valence-corrected chi connectivity index (χ1v) is 11.8. The number of carbonyl (C=O) groups excluding carboxylic acids is 3. The molecule has 182 valence electrons. The number of ether oxygens (including phenoxy) is 1. The van der Waals surface area contributed by atoms with Crippen molar-refractivity contribution in [1.82, 2.24) is 19.8 Å². The molecule has 5 rings (SSSR count). The van der Waals surface area contributed by atoms with Gasteiger partial charge in [0.25, 0.3) is 11.8 Å². The van der Waals surface area contributed by atoms with Crippen molar-refractivity contribution in [2.45, 2.75) is 45.4 Å². The zero-order valence-electron chi connectivity index (χ0n) is 20.4. The van der Waals surface area contributed by atoms with Gasteiger partial charge >= 0.3 is 6.09 Å². The molecule has 0 aliphatic carbocycles. The Kier molecular flexibility index (Phi) is 5.50. The van der Waals surface area contributed by atoms with E-state index in [0.29, 0.717) is 36.3 Å². The molecule has 1 unspecified atom stereocenters. The van der Waals surface area contributed by atoms with E-state index in [1.54, 1.807) is 24.3 Å². The van der Waals surface area contributed by atoms with Gasteiger partial charge in [0.15, 0.2) is 0 Å². The summed E-state index contributed by atoms with van der Waals surface area (Å²) in [5.74, 6) is -0.472. The van der Waals surface area contributed by atoms with Crippen LogP contribution in [0, 0.1) is 0 Å². The second kappa shape index (κ2) is 8.41. The van der Waals surface area contributed by atoms with Crippen LogP contribution in [0.5, 0.6) is 0 Å². The number of aromatic nitrogens is 2. The lowest BCUT2D eigenvalue weighted by atomic mass is 10.1. The number of anilines is 1. The third kappa shape index (κ3) is 4.22. The van der Waals surface area contributed by atoms with Crippen molar-refractivity contribution in [3.63, 3.8) is 0 Å². The molecule has 1 atom stereocenters. The summed E-state index contributed by atoms with van der Waals surface area (Å²) in [6.07, 6.45) is 2.09. The lowest BCUT2D eigenvalue weighted by Gasteiger charge is -2.25. The first-order valence-electron chi connectivity index (χ1n) is 11.8. The Morgan fingerprint density at radius 2 is 1.83 bits per heavy atom. The summed E-state index contributed by atoms with van der Waals surface area (Å²) in [6.45, 7) is 6.81. The van der Waals surface area contributed by atoms with Gasteiger partial charge in [0.05, 0.1) is 46.1 Å². The molecule has 2 aliphatic rings. The Morgan fingerprint density at radius 3 is 2.49 bits per heavy atom. The fraction of sp³-hybridized carbons (Fsp3) is 0.385. The van der Waals surface area contributed by atoms with Crippen molar-refractivity contribution >= 4 is 34.6 Å². The third-order valence-electron chi connectivity index (χ3n) is 6.42. The van der Waals surface area contributed by atoms with Crippen LogP contribution in [0.4, 0.5) is 10.5 Å². The molecule has 0 saturated carbocycles. The average molecular weight is 476 g/mol. The minimum atomic E-state index is -0.599. The summed E-state index contributed by atoms with van der Waals surface area (Å²) in [4.78, 5) is 46.6. The number of amides is 3. The number of nitrogens with zero attached hydrogens (tertiary/aromatic N) is 4. The first-order chi connectivity index (χ1) is 16.6. The highest BCUT2D eigenvalue weighted by Gasteiger charge is 2.42. The topological polar surface area (TPSA) is 96.8 Å². The van der Waals surface area contributed by atoms with Gasteiger partial charge in [0.1, 0.15) is 5.60 Å². The molecule has 35 heavy (non-hydrogen) atoms. The number of rotatable bonds is 4. The van der Waals surface area contributed by atoms with E-state index in [4.69, 9.17) is 9.72 Å². The van der Waals surface area contributed by atoms with Gasteiger partial charge in [-0.05, 0) is 51.5 Å². The second-order valence-corrected chi connectivity index (χ2v) is 10.1. The Balaban J connectivity index is 1.40. The number of hydrogen-bond donors (Lipinski definition) is 1. The largest absolute Gasteiger partial charge is 0.444 e. The molecule has 0 spiro atoms. The van der Waals surface area contributed by atoms with E-state index < -0.39 is 11.7 Å². The van der Waals surface area contributed by atoms with E-state index in [1.165, 1.54) is 4.90 Å². The number of hydrogen-bond acceptors (Lipinski definition) is 6. The molecule has 3 amide bonds.